The fourth-order valence-corrected chi connectivity index (χ4v) is 4.60. The molecule has 0 radical (unpaired) electrons. The first-order chi connectivity index (χ1) is 10.7. The van der Waals surface area contributed by atoms with E-state index in [9.17, 15) is 13.2 Å². The van der Waals surface area contributed by atoms with Crippen LogP contribution in [0.2, 0.25) is 0 Å². The molecule has 5 nitrogen and oxygen atoms in total. The number of hydrogen-bond acceptors (Lipinski definition) is 4. The maximum atomic E-state index is 12.4. The molecule has 0 spiro atoms. The van der Waals surface area contributed by atoms with Crippen LogP contribution in [0.25, 0.3) is 0 Å². The highest BCUT2D eigenvalue weighted by Gasteiger charge is 2.26. The van der Waals surface area contributed by atoms with Gasteiger partial charge in [-0.05, 0) is 57.9 Å². The average molecular weight is 357 g/mol. The van der Waals surface area contributed by atoms with Crippen molar-refractivity contribution in [1.82, 2.24) is 9.62 Å². The van der Waals surface area contributed by atoms with Crippen LogP contribution in [0.4, 0.5) is 0 Å². The van der Waals surface area contributed by atoms with Crippen LogP contribution in [0, 0.1) is 0 Å². The molecule has 1 aliphatic rings. The molecule has 1 N–H and O–H groups in total. The molecule has 1 heterocycles. The van der Waals surface area contributed by atoms with E-state index in [0.29, 0.717) is 23.7 Å². The Morgan fingerprint density at radius 1 is 1.17 bits per heavy atom. The van der Waals surface area contributed by atoms with Crippen molar-refractivity contribution in [2.24, 2.45) is 0 Å². The standard InChI is InChI=1S/C16H24N2O3S2/c1-16(2,3)17-15(19)12-22-13-6-8-14(9-7-13)23(20,21)18-10-4-5-11-18/h6-9H,4-5,10-12H2,1-3H3,(H,17,19). The molecule has 128 valence electrons. The molecule has 1 fully saturated rings. The number of hydrogen-bond donors (Lipinski definition) is 1. The van der Waals surface area contributed by atoms with Crippen LogP contribution in [0.5, 0.6) is 0 Å². The monoisotopic (exact) mass is 356 g/mol. The van der Waals surface area contributed by atoms with Crippen molar-refractivity contribution in [3.8, 4) is 0 Å². The van der Waals surface area contributed by atoms with Gasteiger partial charge in [0.1, 0.15) is 0 Å². The smallest absolute Gasteiger partial charge is 0.243 e. The minimum atomic E-state index is -3.37. The van der Waals surface area contributed by atoms with Gasteiger partial charge in [-0.15, -0.1) is 11.8 Å². The Morgan fingerprint density at radius 2 is 1.74 bits per heavy atom. The zero-order chi connectivity index (χ0) is 17.1. The van der Waals surface area contributed by atoms with Crippen LogP contribution in [-0.4, -0.2) is 43.0 Å². The summed E-state index contributed by atoms with van der Waals surface area (Å²) in [6.07, 6.45) is 1.85. The van der Waals surface area contributed by atoms with Crippen LogP contribution < -0.4 is 5.32 Å². The van der Waals surface area contributed by atoms with Gasteiger partial charge in [0.2, 0.25) is 15.9 Å². The van der Waals surface area contributed by atoms with Gasteiger partial charge in [0.15, 0.2) is 0 Å². The van der Waals surface area contributed by atoms with Gasteiger partial charge in [0, 0.05) is 23.5 Å². The predicted octanol–water partition coefficient (Wildman–Crippen LogP) is 2.48. The third-order valence-corrected chi connectivity index (χ3v) is 6.34. The summed E-state index contributed by atoms with van der Waals surface area (Å²) in [6, 6.07) is 6.77. The summed E-state index contributed by atoms with van der Waals surface area (Å²) in [6.45, 7) is 7.02. The Hall–Kier alpha value is -1.05. The van der Waals surface area contributed by atoms with E-state index in [-0.39, 0.29) is 11.4 Å². The first kappa shape index (κ1) is 18.3. The Bertz CT molecular complexity index is 643. The molecule has 1 aliphatic heterocycles. The van der Waals surface area contributed by atoms with Crippen molar-refractivity contribution in [2.45, 2.75) is 48.9 Å². The zero-order valence-electron chi connectivity index (χ0n) is 13.8. The van der Waals surface area contributed by atoms with Gasteiger partial charge in [-0.25, -0.2) is 8.42 Å². The van der Waals surface area contributed by atoms with E-state index in [4.69, 9.17) is 0 Å². The highest BCUT2D eigenvalue weighted by atomic mass is 32.2. The SMILES string of the molecule is CC(C)(C)NC(=O)CSc1ccc(S(=O)(=O)N2CCCC2)cc1. The first-order valence-electron chi connectivity index (χ1n) is 7.72. The predicted molar refractivity (Wildman–Crippen MR) is 93.1 cm³/mol. The number of thioether (sulfide) groups is 1. The van der Waals surface area contributed by atoms with Gasteiger partial charge < -0.3 is 5.32 Å². The number of nitrogens with zero attached hydrogens (tertiary/aromatic N) is 1. The molecule has 0 atom stereocenters. The van der Waals surface area contributed by atoms with Crippen LogP contribution in [0.1, 0.15) is 33.6 Å². The molecule has 23 heavy (non-hydrogen) atoms. The summed E-state index contributed by atoms with van der Waals surface area (Å²) >= 11 is 1.40. The summed E-state index contributed by atoms with van der Waals surface area (Å²) in [5.41, 5.74) is -0.245. The Kier molecular flexibility index (Phi) is 5.75. The molecule has 1 saturated heterocycles. The summed E-state index contributed by atoms with van der Waals surface area (Å²) in [5.74, 6) is 0.284. The number of rotatable bonds is 5. The highest BCUT2D eigenvalue weighted by molar-refractivity contribution is 8.00. The number of carbonyl (C=O) groups excluding carboxylic acids is 1. The Morgan fingerprint density at radius 3 is 2.26 bits per heavy atom. The molecule has 0 aliphatic carbocycles. The van der Waals surface area contributed by atoms with Crippen LogP contribution in [0.15, 0.2) is 34.1 Å². The molecular formula is C16H24N2O3S2. The quantitative estimate of drug-likeness (QED) is 0.823. The van der Waals surface area contributed by atoms with Crippen LogP contribution >= 0.6 is 11.8 Å². The first-order valence-corrected chi connectivity index (χ1v) is 10.1. The Balaban J connectivity index is 1.96. The lowest BCUT2D eigenvalue weighted by Crippen LogP contribution is -2.41. The van der Waals surface area contributed by atoms with Crippen LogP contribution in [-0.2, 0) is 14.8 Å². The van der Waals surface area contributed by atoms with Crippen molar-refractivity contribution in [3.05, 3.63) is 24.3 Å². The minimum absolute atomic E-state index is 0.0312. The molecule has 0 saturated carbocycles. The largest absolute Gasteiger partial charge is 0.351 e. The third-order valence-electron chi connectivity index (χ3n) is 3.41. The number of amides is 1. The van der Waals surface area contributed by atoms with Gasteiger partial charge >= 0.3 is 0 Å². The van der Waals surface area contributed by atoms with Gasteiger partial charge in [-0.1, -0.05) is 0 Å². The summed E-state index contributed by atoms with van der Waals surface area (Å²) < 4.78 is 26.4. The number of sulfonamides is 1. The number of carbonyl (C=O) groups is 1. The van der Waals surface area contributed by atoms with Crippen LogP contribution in [0.3, 0.4) is 0 Å². The molecule has 1 aromatic rings. The van der Waals surface area contributed by atoms with Crippen molar-refractivity contribution >= 4 is 27.7 Å². The van der Waals surface area contributed by atoms with E-state index < -0.39 is 10.0 Å². The summed E-state index contributed by atoms with van der Waals surface area (Å²) in [7, 11) is -3.37. The molecule has 1 aromatic carbocycles. The molecule has 7 heteroatoms. The van der Waals surface area contributed by atoms with E-state index in [1.807, 2.05) is 20.8 Å². The lowest BCUT2D eigenvalue weighted by molar-refractivity contribution is -0.119. The van der Waals surface area contributed by atoms with Gasteiger partial charge in [0.25, 0.3) is 0 Å². The lowest BCUT2D eigenvalue weighted by atomic mass is 10.1. The van der Waals surface area contributed by atoms with E-state index >= 15 is 0 Å². The maximum absolute atomic E-state index is 12.4. The third kappa shape index (κ3) is 5.22. The number of nitrogens with one attached hydrogen (secondary N) is 1. The molecular weight excluding hydrogens is 332 g/mol. The topological polar surface area (TPSA) is 66.5 Å². The average Bonchev–Trinajstić information content (AvgIpc) is 2.98. The second-order valence-electron chi connectivity index (χ2n) is 6.67. The fourth-order valence-electron chi connectivity index (χ4n) is 2.39. The van der Waals surface area contributed by atoms with Crippen molar-refractivity contribution in [2.75, 3.05) is 18.8 Å². The van der Waals surface area contributed by atoms with Crippen molar-refractivity contribution in [1.29, 1.82) is 0 Å². The fraction of sp³-hybridized carbons (Fsp3) is 0.562. The van der Waals surface area contributed by atoms with E-state index in [1.165, 1.54) is 16.1 Å². The second kappa shape index (κ2) is 7.23. The van der Waals surface area contributed by atoms with E-state index in [2.05, 4.69) is 5.32 Å². The normalized spacial score (nSPS) is 16.5. The van der Waals surface area contributed by atoms with Gasteiger partial charge in [-0.3, -0.25) is 4.79 Å². The van der Waals surface area contributed by atoms with E-state index in [0.717, 1.165) is 17.7 Å². The molecule has 0 unspecified atom stereocenters. The van der Waals surface area contributed by atoms with Crippen molar-refractivity contribution in [3.63, 3.8) is 0 Å². The van der Waals surface area contributed by atoms with Crippen molar-refractivity contribution < 1.29 is 13.2 Å². The van der Waals surface area contributed by atoms with Gasteiger partial charge in [0.05, 0.1) is 10.6 Å². The maximum Gasteiger partial charge on any atom is 0.243 e. The van der Waals surface area contributed by atoms with Gasteiger partial charge in [-0.2, -0.15) is 4.31 Å². The summed E-state index contributed by atoms with van der Waals surface area (Å²) in [5, 5.41) is 2.90. The Labute approximate surface area is 142 Å². The zero-order valence-corrected chi connectivity index (χ0v) is 15.5. The second-order valence-corrected chi connectivity index (χ2v) is 9.66. The molecule has 0 bridgehead atoms. The van der Waals surface area contributed by atoms with E-state index in [1.54, 1.807) is 24.3 Å². The molecule has 0 aromatic heterocycles. The summed E-state index contributed by atoms with van der Waals surface area (Å²) in [4.78, 5) is 13.0. The highest BCUT2D eigenvalue weighted by Crippen LogP contribution is 2.24. The molecule has 2 rings (SSSR count). The minimum Gasteiger partial charge on any atom is -0.351 e. The number of benzene rings is 1. The molecule has 1 amide bonds. The lowest BCUT2D eigenvalue weighted by Gasteiger charge is -2.20.